The Morgan fingerprint density at radius 2 is 0.806 bits per heavy atom. The summed E-state index contributed by atoms with van der Waals surface area (Å²) in [6.07, 6.45) is 21.9. The highest BCUT2D eigenvalue weighted by Crippen LogP contribution is 2.35. The SMILES string of the molecule is CCCCCCCCC(CCC)C(OCCCCC)(OCCCCC)OCCCCC. The molecule has 0 aliphatic rings. The first-order valence-corrected chi connectivity index (χ1v) is 14.1. The summed E-state index contributed by atoms with van der Waals surface area (Å²) in [7, 11) is 0. The summed E-state index contributed by atoms with van der Waals surface area (Å²) in [6, 6.07) is 0. The van der Waals surface area contributed by atoms with E-state index >= 15 is 0 Å². The zero-order valence-corrected chi connectivity index (χ0v) is 22.2. The van der Waals surface area contributed by atoms with Crippen molar-refractivity contribution in [3.8, 4) is 0 Å². The average molecular weight is 443 g/mol. The Labute approximate surface area is 196 Å². The van der Waals surface area contributed by atoms with Gasteiger partial charge in [0.1, 0.15) is 0 Å². The smallest absolute Gasteiger partial charge is 0.285 e. The van der Waals surface area contributed by atoms with Crippen molar-refractivity contribution in [3.63, 3.8) is 0 Å². The highest BCUT2D eigenvalue weighted by Gasteiger charge is 2.41. The molecular weight excluding hydrogens is 384 g/mol. The number of hydrogen-bond donors (Lipinski definition) is 0. The van der Waals surface area contributed by atoms with Crippen molar-refractivity contribution in [1.29, 1.82) is 0 Å². The quantitative estimate of drug-likeness (QED) is 0.104. The monoisotopic (exact) mass is 442 g/mol. The van der Waals surface area contributed by atoms with Crippen molar-refractivity contribution in [2.75, 3.05) is 19.8 Å². The first-order valence-electron chi connectivity index (χ1n) is 14.1. The topological polar surface area (TPSA) is 27.7 Å². The molecule has 0 aromatic carbocycles. The van der Waals surface area contributed by atoms with Crippen molar-refractivity contribution in [2.45, 2.75) is 156 Å². The van der Waals surface area contributed by atoms with E-state index < -0.39 is 5.97 Å². The largest absolute Gasteiger partial charge is 0.327 e. The maximum Gasteiger partial charge on any atom is 0.285 e. The van der Waals surface area contributed by atoms with Gasteiger partial charge in [-0.05, 0) is 32.1 Å². The molecule has 0 N–H and O–H groups in total. The molecule has 0 spiro atoms. The molecule has 3 heteroatoms. The summed E-state index contributed by atoms with van der Waals surface area (Å²) in [5.74, 6) is -0.511. The van der Waals surface area contributed by atoms with Crippen molar-refractivity contribution < 1.29 is 14.2 Å². The fraction of sp³-hybridized carbons (Fsp3) is 1.00. The van der Waals surface area contributed by atoms with Gasteiger partial charge in [0.15, 0.2) is 0 Å². The zero-order chi connectivity index (χ0) is 23.0. The van der Waals surface area contributed by atoms with Crippen LogP contribution in [-0.4, -0.2) is 25.8 Å². The van der Waals surface area contributed by atoms with Crippen LogP contribution in [0.3, 0.4) is 0 Å². The second-order valence-corrected chi connectivity index (χ2v) is 9.31. The number of hydrogen-bond acceptors (Lipinski definition) is 3. The van der Waals surface area contributed by atoms with Crippen molar-refractivity contribution in [1.82, 2.24) is 0 Å². The molecule has 1 atom stereocenters. The van der Waals surface area contributed by atoms with E-state index in [1.165, 1.54) is 77.0 Å². The Bertz CT molecular complexity index is 314. The lowest BCUT2D eigenvalue weighted by molar-refractivity contribution is -0.407. The summed E-state index contributed by atoms with van der Waals surface area (Å²) in [5.41, 5.74) is 0. The van der Waals surface area contributed by atoms with Gasteiger partial charge >= 0.3 is 0 Å². The first kappa shape index (κ1) is 30.9. The van der Waals surface area contributed by atoms with Crippen LogP contribution in [0.15, 0.2) is 0 Å². The van der Waals surface area contributed by atoms with Crippen LogP contribution in [0.25, 0.3) is 0 Å². The fourth-order valence-electron chi connectivity index (χ4n) is 4.20. The molecule has 188 valence electrons. The van der Waals surface area contributed by atoms with Crippen LogP contribution in [0.4, 0.5) is 0 Å². The van der Waals surface area contributed by atoms with Gasteiger partial charge in [0.05, 0.1) is 19.8 Å². The van der Waals surface area contributed by atoms with Gasteiger partial charge in [-0.25, -0.2) is 0 Å². The third-order valence-electron chi connectivity index (χ3n) is 6.20. The van der Waals surface area contributed by atoms with Gasteiger partial charge in [0.25, 0.3) is 5.97 Å². The molecule has 0 bridgehead atoms. The normalized spacial score (nSPS) is 13.1. The van der Waals surface area contributed by atoms with Crippen LogP contribution in [0.2, 0.25) is 0 Å². The van der Waals surface area contributed by atoms with Crippen LogP contribution in [0, 0.1) is 5.92 Å². The molecule has 0 aromatic rings. The van der Waals surface area contributed by atoms with Crippen molar-refractivity contribution in [3.05, 3.63) is 0 Å². The van der Waals surface area contributed by atoms with E-state index in [0.29, 0.717) is 5.92 Å². The van der Waals surface area contributed by atoms with Crippen LogP contribution in [0.1, 0.15) is 150 Å². The highest BCUT2D eigenvalue weighted by atomic mass is 16.9. The molecular formula is C28H58O3. The molecule has 0 saturated carbocycles. The van der Waals surface area contributed by atoms with E-state index in [4.69, 9.17) is 14.2 Å². The van der Waals surface area contributed by atoms with E-state index in [2.05, 4.69) is 34.6 Å². The molecule has 31 heavy (non-hydrogen) atoms. The maximum absolute atomic E-state index is 6.56. The van der Waals surface area contributed by atoms with Crippen LogP contribution in [0.5, 0.6) is 0 Å². The maximum atomic E-state index is 6.56. The van der Waals surface area contributed by atoms with E-state index in [-0.39, 0.29) is 0 Å². The molecule has 0 aromatic heterocycles. The molecule has 0 heterocycles. The summed E-state index contributed by atoms with van der Waals surface area (Å²) in [5, 5.41) is 0. The molecule has 0 aliphatic carbocycles. The minimum absolute atomic E-state index is 0.327. The van der Waals surface area contributed by atoms with Crippen molar-refractivity contribution >= 4 is 0 Å². The predicted octanol–water partition coefficient (Wildman–Crippen LogP) is 9.43. The van der Waals surface area contributed by atoms with Gasteiger partial charge in [0.2, 0.25) is 0 Å². The molecule has 0 rings (SSSR count). The Balaban J connectivity index is 5.20. The summed E-state index contributed by atoms with van der Waals surface area (Å²) in [6.45, 7) is 13.5. The van der Waals surface area contributed by atoms with Gasteiger partial charge in [-0.2, -0.15) is 0 Å². The fourth-order valence-corrected chi connectivity index (χ4v) is 4.20. The molecule has 3 nitrogen and oxygen atoms in total. The Morgan fingerprint density at radius 3 is 1.23 bits per heavy atom. The minimum Gasteiger partial charge on any atom is -0.327 e. The number of ether oxygens (including phenoxy) is 3. The van der Waals surface area contributed by atoms with Gasteiger partial charge < -0.3 is 14.2 Å². The van der Waals surface area contributed by atoms with E-state index in [1.54, 1.807) is 0 Å². The number of rotatable bonds is 25. The summed E-state index contributed by atoms with van der Waals surface area (Å²) < 4.78 is 19.7. The first-order chi connectivity index (χ1) is 15.2. The highest BCUT2D eigenvalue weighted by molar-refractivity contribution is 4.73. The third kappa shape index (κ3) is 16.2. The van der Waals surface area contributed by atoms with Crippen molar-refractivity contribution in [2.24, 2.45) is 5.92 Å². The minimum atomic E-state index is -0.839. The van der Waals surface area contributed by atoms with Crippen LogP contribution < -0.4 is 0 Å². The van der Waals surface area contributed by atoms with Gasteiger partial charge in [-0.15, -0.1) is 0 Å². The average Bonchev–Trinajstić information content (AvgIpc) is 2.78. The lowest BCUT2D eigenvalue weighted by Gasteiger charge is -2.40. The molecule has 0 amide bonds. The standard InChI is InChI=1S/C28H58O3/c1-6-11-15-16-17-18-23-27(22-10-5)28(29-24-19-12-7-2,30-25-20-13-8-3)31-26-21-14-9-4/h27H,6-26H2,1-5H3. The van der Waals surface area contributed by atoms with Crippen LogP contribution >= 0.6 is 0 Å². The zero-order valence-electron chi connectivity index (χ0n) is 22.2. The molecule has 0 radical (unpaired) electrons. The van der Waals surface area contributed by atoms with Crippen LogP contribution in [-0.2, 0) is 14.2 Å². The van der Waals surface area contributed by atoms with E-state index in [1.807, 2.05) is 0 Å². The van der Waals surface area contributed by atoms with Gasteiger partial charge in [0, 0.05) is 5.92 Å². The second-order valence-electron chi connectivity index (χ2n) is 9.31. The second kappa shape index (κ2) is 23.1. The van der Waals surface area contributed by atoms with E-state index in [0.717, 1.165) is 58.3 Å². The number of unbranched alkanes of at least 4 members (excludes halogenated alkanes) is 11. The summed E-state index contributed by atoms with van der Waals surface area (Å²) in [4.78, 5) is 0. The lowest BCUT2D eigenvalue weighted by Crippen LogP contribution is -2.47. The molecule has 0 saturated heterocycles. The van der Waals surface area contributed by atoms with E-state index in [9.17, 15) is 0 Å². The Morgan fingerprint density at radius 1 is 0.419 bits per heavy atom. The molecule has 0 aliphatic heterocycles. The molecule has 1 unspecified atom stereocenters. The summed E-state index contributed by atoms with van der Waals surface area (Å²) >= 11 is 0. The molecule has 0 fully saturated rings. The third-order valence-corrected chi connectivity index (χ3v) is 6.20. The predicted molar refractivity (Wildman–Crippen MR) is 136 cm³/mol. The Kier molecular flexibility index (Phi) is 23.0. The lowest BCUT2D eigenvalue weighted by atomic mass is 9.93. The van der Waals surface area contributed by atoms with Gasteiger partial charge in [-0.1, -0.05) is 118 Å². The Hall–Kier alpha value is -0.120. The van der Waals surface area contributed by atoms with Gasteiger partial charge in [-0.3, -0.25) is 0 Å².